The van der Waals surface area contributed by atoms with Gasteiger partial charge in [-0.05, 0) is 25.5 Å². The number of rotatable bonds is 3. The van der Waals surface area contributed by atoms with Crippen LogP contribution in [0.1, 0.15) is 24.0 Å². The Balaban J connectivity index is 2.20. The monoisotopic (exact) mass is 290 g/mol. The van der Waals surface area contributed by atoms with Crippen molar-refractivity contribution in [3.8, 4) is 0 Å². The third-order valence-electron chi connectivity index (χ3n) is 3.15. The molecular formula is C13H14N4O4. The first kappa shape index (κ1) is 14.6. The van der Waals surface area contributed by atoms with Gasteiger partial charge in [0.2, 0.25) is 5.91 Å². The lowest BCUT2D eigenvalue weighted by Gasteiger charge is -2.13. The molecule has 0 atom stereocenters. The summed E-state index contributed by atoms with van der Waals surface area (Å²) in [6.07, 6.45) is 0.479. The number of nitro benzene ring substituents is 1. The molecule has 0 aliphatic carbocycles. The van der Waals surface area contributed by atoms with E-state index in [1.165, 1.54) is 6.07 Å². The van der Waals surface area contributed by atoms with Crippen molar-refractivity contribution in [2.24, 2.45) is 5.10 Å². The zero-order chi connectivity index (χ0) is 15.6. The van der Waals surface area contributed by atoms with Gasteiger partial charge in [0.1, 0.15) is 5.71 Å². The number of nitrogens with one attached hydrogen (secondary N) is 2. The fourth-order valence-corrected chi connectivity index (χ4v) is 1.96. The fraction of sp³-hybridized carbons (Fsp3) is 0.308. The molecular weight excluding hydrogens is 276 g/mol. The average molecular weight is 290 g/mol. The van der Waals surface area contributed by atoms with Crippen LogP contribution in [0.5, 0.6) is 0 Å². The van der Waals surface area contributed by atoms with Crippen LogP contribution in [0, 0.1) is 24.0 Å². The largest absolute Gasteiger partial charge is 0.321 e. The van der Waals surface area contributed by atoms with Gasteiger partial charge in [0.05, 0.1) is 4.92 Å². The second kappa shape index (κ2) is 5.70. The zero-order valence-electron chi connectivity index (χ0n) is 11.6. The Labute approximate surface area is 120 Å². The Kier molecular flexibility index (Phi) is 3.97. The number of benzene rings is 1. The summed E-state index contributed by atoms with van der Waals surface area (Å²) in [4.78, 5) is 33.4. The molecule has 1 heterocycles. The quantitative estimate of drug-likeness (QED) is 0.647. The van der Waals surface area contributed by atoms with Crippen LogP contribution in [-0.4, -0.2) is 22.4 Å². The van der Waals surface area contributed by atoms with Crippen LogP contribution < -0.4 is 10.7 Å². The molecule has 1 aromatic rings. The van der Waals surface area contributed by atoms with Gasteiger partial charge in [0.15, 0.2) is 0 Å². The molecule has 0 aromatic heterocycles. The third-order valence-corrected chi connectivity index (χ3v) is 3.15. The molecule has 2 amide bonds. The van der Waals surface area contributed by atoms with E-state index in [1.807, 2.05) is 0 Å². The van der Waals surface area contributed by atoms with E-state index in [9.17, 15) is 19.7 Å². The first-order valence-electron chi connectivity index (χ1n) is 6.31. The van der Waals surface area contributed by atoms with E-state index in [-0.39, 0.29) is 30.1 Å². The van der Waals surface area contributed by atoms with Gasteiger partial charge in [-0.3, -0.25) is 19.7 Å². The highest BCUT2D eigenvalue weighted by Gasteiger charge is 2.20. The van der Waals surface area contributed by atoms with Crippen LogP contribution in [0.4, 0.5) is 11.4 Å². The van der Waals surface area contributed by atoms with E-state index in [1.54, 1.807) is 19.9 Å². The average Bonchev–Trinajstić information content (AvgIpc) is 2.42. The van der Waals surface area contributed by atoms with Crippen molar-refractivity contribution in [2.45, 2.75) is 26.7 Å². The normalized spacial score (nSPS) is 14.2. The minimum atomic E-state index is -0.464. The van der Waals surface area contributed by atoms with Crippen molar-refractivity contribution in [1.82, 2.24) is 5.43 Å². The lowest BCUT2D eigenvalue weighted by Crippen LogP contribution is -2.32. The smallest absolute Gasteiger partial charge is 0.272 e. The highest BCUT2D eigenvalue weighted by molar-refractivity contribution is 6.43. The number of aryl methyl sites for hydroxylation is 2. The summed E-state index contributed by atoms with van der Waals surface area (Å²) in [5, 5.41) is 17.2. The van der Waals surface area contributed by atoms with E-state index < -0.39 is 10.8 Å². The van der Waals surface area contributed by atoms with Gasteiger partial charge in [-0.25, -0.2) is 5.43 Å². The lowest BCUT2D eigenvalue weighted by molar-refractivity contribution is -0.385. The first-order chi connectivity index (χ1) is 9.88. The summed E-state index contributed by atoms with van der Waals surface area (Å²) in [7, 11) is 0. The number of amides is 2. The predicted octanol–water partition coefficient (Wildman–Crippen LogP) is 1.42. The molecule has 1 aromatic carbocycles. The molecule has 0 fully saturated rings. The van der Waals surface area contributed by atoms with Gasteiger partial charge in [-0.1, -0.05) is 0 Å². The summed E-state index contributed by atoms with van der Waals surface area (Å²) in [5.74, 6) is -0.653. The van der Waals surface area contributed by atoms with Gasteiger partial charge in [0, 0.05) is 30.2 Å². The van der Waals surface area contributed by atoms with Gasteiger partial charge in [0.25, 0.3) is 11.6 Å². The minimum Gasteiger partial charge on any atom is -0.321 e. The van der Waals surface area contributed by atoms with Crippen LogP contribution in [0.25, 0.3) is 0 Å². The number of anilines is 1. The molecule has 0 unspecified atom stereocenters. The maximum absolute atomic E-state index is 12.0. The summed E-state index contributed by atoms with van der Waals surface area (Å²) in [6, 6.07) is 2.96. The van der Waals surface area contributed by atoms with Gasteiger partial charge in [-0.2, -0.15) is 5.10 Å². The number of hydrogen-bond donors (Lipinski definition) is 2. The Morgan fingerprint density at radius 3 is 2.62 bits per heavy atom. The second-order valence-corrected chi connectivity index (χ2v) is 4.76. The molecule has 1 aliphatic heterocycles. The molecule has 0 saturated carbocycles. The molecule has 0 radical (unpaired) electrons. The Morgan fingerprint density at radius 1 is 1.33 bits per heavy atom. The van der Waals surface area contributed by atoms with Crippen molar-refractivity contribution in [3.63, 3.8) is 0 Å². The fourth-order valence-electron chi connectivity index (χ4n) is 1.96. The number of nitro groups is 1. The van der Waals surface area contributed by atoms with E-state index in [2.05, 4.69) is 15.8 Å². The van der Waals surface area contributed by atoms with E-state index >= 15 is 0 Å². The summed E-state index contributed by atoms with van der Waals surface area (Å²) in [6.45, 7) is 3.28. The molecule has 8 nitrogen and oxygen atoms in total. The van der Waals surface area contributed by atoms with Crippen LogP contribution in [0.3, 0.4) is 0 Å². The number of hydrazone groups is 1. The standard InChI is InChI=1S/C13H14N4O4/c1-7-6-11(17(20)21)8(2)5-10(7)14-13(19)9-3-4-12(18)16-15-9/h5-6H,3-4H2,1-2H3,(H,14,19)(H,16,18). The van der Waals surface area contributed by atoms with E-state index in [4.69, 9.17) is 0 Å². The third kappa shape index (κ3) is 3.22. The predicted molar refractivity (Wildman–Crippen MR) is 76.0 cm³/mol. The maximum Gasteiger partial charge on any atom is 0.272 e. The van der Waals surface area contributed by atoms with Crippen molar-refractivity contribution in [2.75, 3.05) is 5.32 Å². The lowest BCUT2D eigenvalue weighted by atomic mass is 10.1. The number of carbonyl (C=O) groups is 2. The van der Waals surface area contributed by atoms with Gasteiger partial charge < -0.3 is 5.32 Å². The van der Waals surface area contributed by atoms with E-state index in [0.717, 1.165) is 0 Å². The van der Waals surface area contributed by atoms with Gasteiger partial charge >= 0.3 is 0 Å². The summed E-state index contributed by atoms with van der Waals surface area (Å²) >= 11 is 0. The molecule has 0 saturated heterocycles. The van der Waals surface area contributed by atoms with Crippen LogP contribution >= 0.6 is 0 Å². The van der Waals surface area contributed by atoms with Crippen LogP contribution in [0.15, 0.2) is 17.2 Å². The van der Waals surface area contributed by atoms with E-state index in [0.29, 0.717) is 16.8 Å². The molecule has 8 heteroatoms. The number of nitrogens with zero attached hydrogens (tertiary/aromatic N) is 2. The summed E-state index contributed by atoms with van der Waals surface area (Å²) < 4.78 is 0. The molecule has 0 bridgehead atoms. The van der Waals surface area contributed by atoms with Gasteiger partial charge in [-0.15, -0.1) is 0 Å². The van der Waals surface area contributed by atoms with Crippen molar-refractivity contribution in [3.05, 3.63) is 33.4 Å². The van der Waals surface area contributed by atoms with Crippen molar-refractivity contribution >= 4 is 28.9 Å². The Bertz CT molecular complexity index is 666. The topological polar surface area (TPSA) is 114 Å². The maximum atomic E-state index is 12.0. The highest BCUT2D eigenvalue weighted by Crippen LogP contribution is 2.26. The van der Waals surface area contributed by atoms with Crippen LogP contribution in [-0.2, 0) is 9.59 Å². The molecule has 2 N–H and O–H groups in total. The highest BCUT2D eigenvalue weighted by atomic mass is 16.6. The first-order valence-corrected chi connectivity index (χ1v) is 6.31. The second-order valence-electron chi connectivity index (χ2n) is 4.76. The Morgan fingerprint density at radius 2 is 2.05 bits per heavy atom. The molecule has 2 rings (SSSR count). The number of carbonyl (C=O) groups excluding carboxylic acids is 2. The number of hydrogen-bond acceptors (Lipinski definition) is 5. The summed E-state index contributed by atoms with van der Waals surface area (Å²) in [5.41, 5.74) is 4.01. The molecule has 1 aliphatic rings. The molecule has 0 spiro atoms. The SMILES string of the molecule is Cc1cc([N+](=O)[O-])c(C)cc1NC(=O)C1=NNC(=O)CC1. The van der Waals surface area contributed by atoms with Crippen molar-refractivity contribution in [1.29, 1.82) is 0 Å². The Hall–Kier alpha value is -2.77. The van der Waals surface area contributed by atoms with Crippen LogP contribution in [0.2, 0.25) is 0 Å². The minimum absolute atomic E-state index is 0.00719. The zero-order valence-corrected chi connectivity index (χ0v) is 11.6. The molecule has 21 heavy (non-hydrogen) atoms. The van der Waals surface area contributed by atoms with Crippen molar-refractivity contribution < 1.29 is 14.5 Å². The molecule has 110 valence electrons.